The predicted octanol–water partition coefficient (Wildman–Crippen LogP) is 3.27. The summed E-state index contributed by atoms with van der Waals surface area (Å²) in [5, 5.41) is 2.84. The molecule has 0 aliphatic rings. The van der Waals surface area contributed by atoms with Gasteiger partial charge in [-0.15, -0.1) is 0 Å². The maximum atomic E-state index is 13.5. The number of carbonyl (C=O) groups excluding carboxylic acids is 2. The zero-order valence-electron chi connectivity index (χ0n) is 20.3. The van der Waals surface area contributed by atoms with Crippen molar-refractivity contribution in [2.75, 3.05) is 17.1 Å². The zero-order chi connectivity index (χ0) is 24.8. The van der Waals surface area contributed by atoms with Crippen molar-refractivity contribution < 1.29 is 18.0 Å². The molecule has 1 atom stereocenters. The van der Waals surface area contributed by atoms with Crippen LogP contribution in [0.5, 0.6) is 0 Å². The highest BCUT2D eigenvalue weighted by atomic mass is 32.2. The Kier molecular flexibility index (Phi) is 9.05. The molecule has 0 aliphatic carbocycles. The van der Waals surface area contributed by atoms with Gasteiger partial charge < -0.3 is 10.2 Å². The van der Waals surface area contributed by atoms with Crippen LogP contribution in [0.4, 0.5) is 5.69 Å². The first kappa shape index (κ1) is 26.4. The highest BCUT2D eigenvalue weighted by Crippen LogP contribution is 2.24. The van der Waals surface area contributed by atoms with E-state index in [9.17, 15) is 18.0 Å². The van der Waals surface area contributed by atoms with E-state index in [-0.39, 0.29) is 25.0 Å². The largest absolute Gasteiger partial charge is 0.352 e. The number of sulfonamides is 1. The minimum absolute atomic E-state index is 0.0831. The minimum Gasteiger partial charge on any atom is -0.352 e. The van der Waals surface area contributed by atoms with Crippen LogP contribution in [0.1, 0.15) is 44.4 Å². The average Bonchev–Trinajstić information content (AvgIpc) is 2.75. The Balaban J connectivity index is 2.42. The SMILES string of the molecule is CCc1ccccc1N(CC(=O)N(Cc1ccc(C)cc1)[C@@H](C)C(=O)NC(C)C)S(C)(=O)=O. The van der Waals surface area contributed by atoms with Gasteiger partial charge in [-0.3, -0.25) is 13.9 Å². The number of nitrogens with one attached hydrogen (secondary N) is 1. The molecule has 0 saturated heterocycles. The number of amides is 2. The third-order valence-corrected chi connectivity index (χ3v) is 6.52. The van der Waals surface area contributed by atoms with Crippen molar-refractivity contribution in [1.82, 2.24) is 10.2 Å². The first-order valence-corrected chi connectivity index (χ1v) is 13.0. The number of anilines is 1. The van der Waals surface area contributed by atoms with E-state index in [1.54, 1.807) is 19.1 Å². The molecule has 0 aliphatic heterocycles. The van der Waals surface area contributed by atoms with Crippen LogP contribution < -0.4 is 9.62 Å². The number of nitrogens with zero attached hydrogens (tertiary/aromatic N) is 2. The fourth-order valence-electron chi connectivity index (χ4n) is 3.53. The lowest BCUT2D eigenvalue weighted by atomic mass is 10.1. The summed E-state index contributed by atoms with van der Waals surface area (Å²) in [7, 11) is -3.74. The molecule has 0 bridgehead atoms. The fraction of sp³-hybridized carbons (Fsp3) is 0.440. The van der Waals surface area contributed by atoms with Gasteiger partial charge in [0.15, 0.2) is 0 Å². The van der Waals surface area contributed by atoms with E-state index in [0.29, 0.717) is 12.1 Å². The van der Waals surface area contributed by atoms with E-state index in [4.69, 9.17) is 0 Å². The number of carbonyl (C=O) groups is 2. The molecule has 0 saturated carbocycles. The first-order chi connectivity index (χ1) is 15.4. The molecule has 0 heterocycles. The van der Waals surface area contributed by atoms with Crippen LogP contribution in [0, 0.1) is 6.92 Å². The highest BCUT2D eigenvalue weighted by Gasteiger charge is 2.30. The Morgan fingerprint density at radius 2 is 1.61 bits per heavy atom. The van der Waals surface area contributed by atoms with Crippen molar-refractivity contribution >= 4 is 27.5 Å². The Hall–Kier alpha value is -2.87. The standard InChI is InChI=1S/C25H35N3O4S/c1-7-22-10-8-9-11-23(22)28(33(6,31)32)17-24(29)27(20(5)25(30)26-18(2)3)16-21-14-12-19(4)13-15-21/h8-15,18,20H,7,16-17H2,1-6H3,(H,26,30)/t20-/m0/s1. The molecule has 2 aromatic carbocycles. The van der Waals surface area contributed by atoms with E-state index in [1.165, 1.54) is 4.90 Å². The Bertz CT molecular complexity index is 1070. The molecule has 2 rings (SSSR count). The number of para-hydroxylation sites is 1. The molecular formula is C25H35N3O4S. The molecule has 2 amide bonds. The maximum Gasteiger partial charge on any atom is 0.244 e. The van der Waals surface area contributed by atoms with Gasteiger partial charge in [-0.25, -0.2) is 8.42 Å². The van der Waals surface area contributed by atoms with Gasteiger partial charge in [0.25, 0.3) is 0 Å². The van der Waals surface area contributed by atoms with Crippen LogP contribution in [0.3, 0.4) is 0 Å². The molecule has 2 aromatic rings. The van der Waals surface area contributed by atoms with Crippen molar-refractivity contribution in [2.45, 2.75) is 59.7 Å². The van der Waals surface area contributed by atoms with Gasteiger partial charge in [-0.05, 0) is 51.3 Å². The number of hydrogen-bond donors (Lipinski definition) is 1. The van der Waals surface area contributed by atoms with Crippen LogP contribution in [0.25, 0.3) is 0 Å². The second kappa shape index (κ2) is 11.3. The van der Waals surface area contributed by atoms with E-state index in [0.717, 1.165) is 27.3 Å². The van der Waals surface area contributed by atoms with Gasteiger partial charge in [0.1, 0.15) is 12.6 Å². The second-order valence-corrected chi connectivity index (χ2v) is 10.5. The monoisotopic (exact) mass is 473 g/mol. The lowest BCUT2D eigenvalue weighted by molar-refractivity contribution is -0.139. The van der Waals surface area contributed by atoms with Crippen molar-refractivity contribution in [3.63, 3.8) is 0 Å². The molecule has 180 valence electrons. The summed E-state index contributed by atoms with van der Waals surface area (Å²) in [4.78, 5) is 27.7. The molecule has 8 heteroatoms. The summed E-state index contributed by atoms with van der Waals surface area (Å²) in [6.07, 6.45) is 1.71. The summed E-state index contributed by atoms with van der Waals surface area (Å²) in [5.41, 5.74) is 3.25. The summed E-state index contributed by atoms with van der Waals surface area (Å²) < 4.78 is 26.5. The topological polar surface area (TPSA) is 86.8 Å². The van der Waals surface area contributed by atoms with Crippen LogP contribution in [-0.4, -0.2) is 50.0 Å². The highest BCUT2D eigenvalue weighted by molar-refractivity contribution is 7.92. The van der Waals surface area contributed by atoms with E-state index in [1.807, 2.05) is 64.1 Å². The molecule has 0 fully saturated rings. The summed E-state index contributed by atoms with van der Waals surface area (Å²) in [6, 6.07) is 14.0. The Morgan fingerprint density at radius 3 is 2.15 bits per heavy atom. The molecule has 33 heavy (non-hydrogen) atoms. The van der Waals surface area contributed by atoms with Gasteiger partial charge in [0.2, 0.25) is 21.8 Å². The maximum absolute atomic E-state index is 13.5. The lowest BCUT2D eigenvalue weighted by Gasteiger charge is -2.32. The molecule has 0 unspecified atom stereocenters. The molecule has 0 spiro atoms. The third-order valence-electron chi connectivity index (χ3n) is 5.39. The number of hydrogen-bond acceptors (Lipinski definition) is 4. The minimum atomic E-state index is -3.74. The van der Waals surface area contributed by atoms with Crippen molar-refractivity contribution in [3.05, 3.63) is 65.2 Å². The normalized spacial score (nSPS) is 12.3. The Labute approximate surface area is 197 Å². The summed E-state index contributed by atoms with van der Waals surface area (Å²) in [5.74, 6) is -0.733. The fourth-order valence-corrected chi connectivity index (χ4v) is 4.41. The lowest BCUT2D eigenvalue weighted by Crippen LogP contribution is -2.52. The van der Waals surface area contributed by atoms with Gasteiger partial charge in [0, 0.05) is 12.6 Å². The van der Waals surface area contributed by atoms with E-state index < -0.39 is 22.0 Å². The Morgan fingerprint density at radius 1 is 1.00 bits per heavy atom. The van der Waals surface area contributed by atoms with E-state index in [2.05, 4.69) is 5.32 Å². The van der Waals surface area contributed by atoms with Crippen LogP contribution in [-0.2, 0) is 32.6 Å². The van der Waals surface area contributed by atoms with Crippen LogP contribution >= 0.6 is 0 Å². The van der Waals surface area contributed by atoms with Crippen molar-refractivity contribution in [2.24, 2.45) is 0 Å². The third kappa shape index (κ3) is 7.32. The van der Waals surface area contributed by atoms with E-state index >= 15 is 0 Å². The van der Waals surface area contributed by atoms with Gasteiger partial charge in [0.05, 0.1) is 11.9 Å². The average molecular weight is 474 g/mol. The quantitative estimate of drug-likeness (QED) is 0.574. The second-order valence-electron chi connectivity index (χ2n) is 8.60. The number of benzene rings is 2. The van der Waals surface area contributed by atoms with Crippen LogP contribution in [0.15, 0.2) is 48.5 Å². The van der Waals surface area contributed by atoms with Crippen molar-refractivity contribution in [3.8, 4) is 0 Å². The molecule has 1 N–H and O–H groups in total. The molecular weight excluding hydrogens is 438 g/mol. The predicted molar refractivity (Wildman–Crippen MR) is 132 cm³/mol. The first-order valence-electron chi connectivity index (χ1n) is 11.1. The van der Waals surface area contributed by atoms with Gasteiger partial charge in [-0.2, -0.15) is 0 Å². The summed E-state index contributed by atoms with van der Waals surface area (Å²) >= 11 is 0. The van der Waals surface area contributed by atoms with Crippen molar-refractivity contribution in [1.29, 1.82) is 0 Å². The van der Waals surface area contributed by atoms with Crippen LogP contribution in [0.2, 0.25) is 0 Å². The molecule has 0 radical (unpaired) electrons. The summed E-state index contributed by atoms with van der Waals surface area (Å²) in [6.45, 7) is 9.08. The van der Waals surface area contributed by atoms with Gasteiger partial charge in [-0.1, -0.05) is 55.0 Å². The zero-order valence-corrected chi connectivity index (χ0v) is 21.1. The molecule has 0 aromatic heterocycles. The molecule has 7 nitrogen and oxygen atoms in total. The smallest absolute Gasteiger partial charge is 0.244 e. The number of rotatable bonds is 10. The van der Waals surface area contributed by atoms with Gasteiger partial charge >= 0.3 is 0 Å². The number of aryl methyl sites for hydroxylation is 2.